The quantitative estimate of drug-likeness (QED) is 0.882. The van der Waals surface area contributed by atoms with Crippen molar-refractivity contribution in [2.24, 2.45) is 7.05 Å². The summed E-state index contributed by atoms with van der Waals surface area (Å²) in [7, 11) is 1.85. The molecule has 1 aromatic carbocycles. The molecular weight excluding hydrogens is 257 g/mol. The molecule has 1 N–H and O–H groups in total. The SMILES string of the molecule is CCNC(C)c1ccc(OCc2ccn(C)n2)cc1F. The molecule has 1 unspecified atom stereocenters. The Labute approximate surface area is 118 Å². The average molecular weight is 277 g/mol. The first-order chi connectivity index (χ1) is 9.60. The standard InChI is InChI=1S/C15H20FN3O/c1-4-17-11(2)14-6-5-13(9-15(14)16)20-10-12-7-8-19(3)18-12/h5-9,11,17H,4,10H2,1-3H3. The van der Waals surface area contributed by atoms with E-state index in [4.69, 9.17) is 4.74 Å². The van der Waals surface area contributed by atoms with E-state index in [1.807, 2.05) is 33.2 Å². The van der Waals surface area contributed by atoms with Crippen LogP contribution in [0.15, 0.2) is 30.5 Å². The van der Waals surface area contributed by atoms with Gasteiger partial charge in [-0.2, -0.15) is 5.10 Å². The highest BCUT2D eigenvalue weighted by Crippen LogP contribution is 2.22. The van der Waals surface area contributed by atoms with Gasteiger partial charge in [0.05, 0.1) is 5.69 Å². The number of nitrogens with zero attached hydrogens (tertiary/aromatic N) is 2. The zero-order valence-corrected chi connectivity index (χ0v) is 12.1. The van der Waals surface area contributed by atoms with Crippen molar-refractivity contribution in [3.05, 3.63) is 47.5 Å². The summed E-state index contributed by atoms with van der Waals surface area (Å²) in [6.07, 6.45) is 1.85. The van der Waals surface area contributed by atoms with Crippen LogP contribution in [0.5, 0.6) is 5.75 Å². The van der Waals surface area contributed by atoms with Gasteiger partial charge in [-0.15, -0.1) is 0 Å². The van der Waals surface area contributed by atoms with Crippen LogP contribution in [0.2, 0.25) is 0 Å². The van der Waals surface area contributed by atoms with Gasteiger partial charge in [0.25, 0.3) is 0 Å². The Hall–Kier alpha value is -1.88. The van der Waals surface area contributed by atoms with E-state index < -0.39 is 0 Å². The van der Waals surface area contributed by atoms with Crippen molar-refractivity contribution < 1.29 is 9.13 Å². The Morgan fingerprint density at radius 3 is 2.80 bits per heavy atom. The minimum absolute atomic E-state index is 0.00941. The van der Waals surface area contributed by atoms with Crippen molar-refractivity contribution in [1.29, 1.82) is 0 Å². The minimum atomic E-state index is -0.253. The van der Waals surface area contributed by atoms with Crippen LogP contribution >= 0.6 is 0 Å². The molecule has 0 aliphatic heterocycles. The van der Waals surface area contributed by atoms with Crippen LogP contribution in [0, 0.1) is 5.82 Å². The van der Waals surface area contributed by atoms with Gasteiger partial charge < -0.3 is 10.1 Å². The Balaban J connectivity index is 2.01. The van der Waals surface area contributed by atoms with Crippen LogP contribution < -0.4 is 10.1 Å². The lowest BCUT2D eigenvalue weighted by Gasteiger charge is -2.14. The summed E-state index contributed by atoms with van der Waals surface area (Å²) < 4.78 is 21.3. The molecule has 5 heteroatoms. The highest BCUT2D eigenvalue weighted by molar-refractivity contribution is 5.30. The number of aromatic nitrogens is 2. The van der Waals surface area contributed by atoms with Gasteiger partial charge in [-0.1, -0.05) is 13.0 Å². The number of hydrogen-bond acceptors (Lipinski definition) is 3. The molecule has 0 saturated carbocycles. The van der Waals surface area contributed by atoms with E-state index in [2.05, 4.69) is 10.4 Å². The highest BCUT2D eigenvalue weighted by atomic mass is 19.1. The van der Waals surface area contributed by atoms with E-state index >= 15 is 0 Å². The molecule has 4 nitrogen and oxygen atoms in total. The molecule has 108 valence electrons. The van der Waals surface area contributed by atoms with Crippen LogP contribution in [0.25, 0.3) is 0 Å². The van der Waals surface area contributed by atoms with E-state index in [9.17, 15) is 4.39 Å². The van der Waals surface area contributed by atoms with Crippen LogP contribution in [-0.4, -0.2) is 16.3 Å². The first-order valence-corrected chi connectivity index (χ1v) is 6.74. The number of nitrogens with one attached hydrogen (secondary N) is 1. The third-order valence-electron chi connectivity index (χ3n) is 3.10. The number of halogens is 1. The van der Waals surface area contributed by atoms with E-state index in [0.717, 1.165) is 12.2 Å². The molecule has 1 heterocycles. The van der Waals surface area contributed by atoms with Gasteiger partial charge >= 0.3 is 0 Å². The maximum atomic E-state index is 14.0. The fourth-order valence-corrected chi connectivity index (χ4v) is 2.06. The monoisotopic (exact) mass is 277 g/mol. The summed E-state index contributed by atoms with van der Waals surface area (Å²) >= 11 is 0. The second-order valence-electron chi connectivity index (χ2n) is 4.73. The third kappa shape index (κ3) is 3.57. The van der Waals surface area contributed by atoms with Gasteiger partial charge in [-0.3, -0.25) is 4.68 Å². The fraction of sp³-hybridized carbons (Fsp3) is 0.400. The molecule has 1 aromatic heterocycles. The van der Waals surface area contributed by atoms with Gasteiger partial charge in [0, 0.05) is 30.9 Å². The van der Waals surface area contributed by atoms with Gasteiger partial charge in [0.15, 0.2) is 0 Å². The Morgan fingerprint density at radius 1 is 1.40 bits per heavy atom. The number of hydrogen-bond donors (Lipinski definition) is 1. The van der Waals surface area contributed by atoms with E-state index in [-0.39, 0.29) is 11.9 Å². The maximum absolute atomic E-state index is 14.0. The van der Waals surface area contributed by atoms with Crippen molar-refractivity contribution in [3.63, 3.8) is 0 Å². The predicted octanol–water partition coefficient (Wildman–Crippen LogP) is 2.81. The summed E-state index contributed by atoms with van der Waals surface area (Å²) in [6.45, 7) is 5.08. The summed E-state index contributed by atoms with van der Waals surface area (Å²) in [5.41, 5.74) is 1.47. The number of benzene rings is 1. The number of aryl methyl sites for hydroxylation is 1. The van der Waals surface area contributed by atoms with Crippen molar-refractivity contribution in [2.45, 2.75) is 26.5 Å². The topological polar surface area (TPSA) is 39.1 Å². The Morgan fingerprint density at radius 2 is 2.20 bits per heavy atom. The molecule has 0 amide bonds. The molecule has 0 aliphatic carbocycles. The largest absolute Gasteiger partial charge is 0.487 e. The summed E-state index contributed by atoms with van der Waals surface area (Å²) in [6, 6.07) is 6.83. The van der Waals surface area contributed by atoms with Crippen LogP contribution in [-0.2, 0) is 13.7 Å². The van der Waals surface area contributed by atoms with Gasteiger partial charge in [-0.05, 0) is 25.6 Å². The maximum Gasteiger partial charge on any atom is 0.132 e. The van der Waals surface area contributed by atoms with Crippen LogP contribution in [0.3, 0.4) is 0 Å². The first-order valence-electron chi connectivity index (χ1n) is 6.74. The van der Waals surface area contributed by atoms with Crippen LogP contribution in [0.1, 0.15) is 31.1 Å². The van der Waals surface area contributed by atoms with E-state index in [1.165, 1.54) is 6.07 Å². The molecule has 0 radical (unpaired) electrons. The third-order valence-corrected chi connectivity index (χ3v) is 3.10. The summed E-state index contributed by atoms with van der Waals surface area (Å²) in [4.78, 5) is 0. The zero-order valence-electron chi connectivity index (χ0n) is 12.1. The molecule has 0 bridgehead atoms. The average Bonchev–Trinajstić information content (AvgIpc) is 2.82. The second-order valence-corrected chi connectivity index (χ2v) is 4.73. The predicted molar refractivity (Wildman–Crippen MR) is 76.0 cm³/mol. The number of rotatable bonds is 6. The molecule has 0 aliphatic rings. The minimum Gasteiger partial charge on any atom is -0.487 e. The van der Waals surface area contributed by atoms with Gasteiger partial charge in [0.1, 0.15) is 18.2 Å². The van der Waals surface area contributed by atoms with Crippen LogP contribution in [0.4, 0.5) is 4.39 Å². The lowest BCUT2D eigenvalue weighted by atomic mass is 10.1. The Kier molecular flexibility index (Phi) is 4.74. The van der Waals surface area contributed by atoms with Crippen molar-refractivity contribution in [3.8, 4) is 5.75 Å². The van der Waals surface area contributed by atoms with Crippen molar-refractivity contribution in [2.75, 3.05) is 6.54 Å². The van der Waals surface area contributed by atoms with Crippen molar-refractivity contribution >= 4 is 0 Å². The van der Waals surface area contributed by atoms with E-state index in [0.29, 0.717) is 17.9 Å². The van der Waals surface area contributed by atoms with Gasteiger partial charge in [-0.25, -0.2) is 4.39 Å². The molecule has 2 rings (SSSR count). The first kappa shape index (κ1) is 14.5. The molecule has 1 atom stereocenters. The lowest BCUT2D eigenvalue weighted by molar-refractivity contribution is 0.298. The summed E-state index contributed by atoms with van der Waals surface area (Å²) in [5, 5.41) is 7.40. The second kappa shape index (κ2) is 6.52. The molecular formula is C15H20FN3O. The van der Waals surface area contributed by atoms with Crippen molar-refractivity contribution in [1.82, 2.24) is 15.1 Å². The van der Waals surface area contributed by atoms with E-state index in [1.54, 1.807) is 16.8 Å². The normalized spacial score (nSPS) is 12.4. The smallest absolute Gasteiger partial charge is 0.132 e. The van der Waals surface area contributed by atoms with Gasteiger partial charge in [0.2, 0.25) is 0 Å². The molecule has 0 saturated heterocycles. The summed E-state index contributed by atoms with van der Waals surface area (Å²) in [5.74, 6) is 0.262. The lowest BCUT2D eigenvalue weighted by Crippen LogP contribution is -2.18. The molecule has 2 aromatic rings. The Bertz CT molecular complexity index is 568. The fourth-order valence-electron chi connectivity index (χ4n) is 2.06. The molecule has 20 heavy (non-hydrogen) atoms. The zero-order chi connectivity index (χ0) is 14.5. The molecule has 0 spiro atoms. The molecule has 0 fully saturated rings. The highest BCUT2D eigenvalue weighted by Gasteiger charge is 2.11. The number of ether oxygens (including phenoxy) is 1.